The molecule has 1 atom stereocenters. The number of hydrazine groups is 1. The van der Waals surface area contributed by atoms with Crippen molar-refractivity contribution in [3.8, 4) is 0 Å². The highest BCUT2D eigenvalue weighted by Crippen LogP contribution is 2.45. The van der Waals surface area contributed by atoms with Gasteiger partial charge in [0.05, 0.1) is 0 Å². The van der Waals surface area contributed by atoms with Crippen LogP contribution in [0.25, 0.3) is 0 Å². The van der Waals surface area contributed by atoms with Gasteiger partial charge >= 0.3 is 0 Å². The van der Waals surface area contributed by atoms with E-state index in [0.717, 1.165) is 11.8 Å². The summed E-state index contributed by atoms with van der Waals surface area (Å²) in [5.41, 5.74) is 3.71. The molecule has 3 heteroatoms. The van der Waals surface area contributed by atoms with Gasteiger partial charge in [-0.05, 0) is 63.5 Å². The maximum atomic E-state index is 6.13. The molecule has 1 aliphatic heterocycles. The van der Waals surface area contributed by atoms with Crippen molar-refractivity contribution < 1.29 is 0 Å². The third kappa shape index (κ3) is 3.02. The highest BCUT2D eigenvalue weighted by Gasteiger charge is 2.49. The third-order valence-corrected chi connectivity index (χ3v) is 6.90. The molecule has 1 unspecified atom stereocenters. The van der Waals surface area contributed by atoms with Crippen LogP contribution in [0.1, 0.15) is 77.6 Å². The Morgan fingerprint density at radius 2 is 1.67 bits per heavy atom. The second-order valence-corrected chi connectivity index (χ2v) is 7.84. The van der Waals surface area contributed by atoms with Gasteiger partial charge in [0.15, 0.2) is 0 Å². The Morgan fingerprint density at radius 1 is 1.05 bits per heavy atom. The molecule has 0 amide bonds. The largest absolute Gasteiger partial charge is 0.296 e. The van der Waals surface area contributed by atoms with E-state index >= 15 is 0 Å². The first-order valence-electron chi connectivity index (χ1n) is 9.51. The Labute approximate surface area is 131 Å². The summed E-state index contributed by atoms with van der Waals surface area (Å²) in [5.74, 6) is 7.91. The van der Waals surface area contributed by atoms with E-state index in [1.807, 2.05) is 0 Å². The summed E-state index contributed by atoms with van der Waals surface area (Å²) in [6.07, 6.45) is 15.3. The van der Waals surface area contributed by atoms with Gasteiger partial charge in [0.25, 0.3) is 0 Å². The van der Waals surface area contributed by atoms with Gasteiger partial charge in [-0.1, -0.05) is 39.0 Å². The predicted octanol–water partition coefficient (Wildman–Crippen LogP) is 3.44. The molecule has 0 radical (unpaired) electrons. The number of likely N-dealkylation sites (tertiary alicyclic amines) is 1. The van der Waals surface area contributed by atoms with Crippen molar-refractivity contribution in [2.45, 2.75) is 89.1 Å². The fraction of sp³-hybridized carbons (Fsp3) is 1.00. The average Bonchev–Trinajstić information content (AvgIpc) is 3.21. The molecule has 1 heterocycles. The number of hydrogen-bond acceptors (Lipinski definition) is 3. The fourth-order valence-corrected chi connectivity index (χ4v) is 5.63. The van der Waals surface area contributed by atoms with Crippen LogP contribution in [0, 0.1) is 11.8 Å². The molecule has 3 rings (SSSR count). The fourth-order valence-electron chi connectivity index (χ4n) is 5.63. The van der Waals surface area contributed by atoms with E-state index in [-0.39, 0.29) is 0 Å². The lowest BCUT2D eigenvalue weighted by atomic mass is 9.71. The summed E-state index contributed by atoms with van der Waals surface area (Å²) >= 11 is 0. The average molecular weight is 293 g/mol. The number of rotatable bonds is 5. The smallest absolute Gasteiger partial charge is 0.0422 e. The zero-order valence-corrected chi connectivity index (χ0v) is 13.9. The van der Waals surface area contributed by atoms with Gasteiger partial charge in [-0.25, -0.2) is 0 Å². The number of hydrogen-bond donors (Lipinski definition) is 2. The maximum absolute atomic E-state index is 6.13. The second kappa shape index (κ2) is 6.97. The Morgan fingerprint density at radius 3 is 2.19 bits per heavy atom. The van der Waals surface area contributed by atoms with Gasteiger partial charge in [-0.15, -0.1) is 0 Å². The van der Waals surface area contributed by atoms with Crippen LogP contribution in [0.2, 0.25) is 0 Å². The van der Waals surface area contributed by atoms with E-state index in [1.165, 1.54) is 83.7 Å². The summed E-state index contributed by atoms with van der Waals surface area (Å²) in [6, 6.07) is 0.524. The first kappa shape index (κ1) is 15.8. The zero-order valence-electron chi connectivity index (χ0n) is 13.9. The molecular formula is C18H35N3. The molecule has 3 N–H and O–H groups in total. The minimum absolute atomic E-state index is 0.384. The highest BCUT2D eigenvalue weighted by atomic mass is 15.3. The Balaban J connectivity index is 1.73. The molecule has 2 aliphatic carbocycles. The van der Waals surface area contributed by atoms with Crippen LogP contribution in [-0.4, -0.2) is 29.6 Å². The topological polar surface area (TPSA) is 41.3 Å². The Kier molecular flexibility index (Phi) is 5.23. The van der Waals surface area contributed by atoms with Crippen LogP contribution in [-0.2, 0) is 0 Å². The zero-order chi connectivity index (χ0) is 14.7. The van der Waals surface area contributed by atoms with E-state index in [1.54, 1.807) is 0 Å². The van der Waals surface area contributed by atoms with Crippen molar-refractivity contribution in [3.63, 3.8) is 0 Å². The molecule has 3 fully saturated rings. The van der Waals surface area contributed by atoms with Crippen molar-refractivity contribution >= 4 is 0 Å². The van der Waals surface area contributed by atoms with Crippen molar-refractivity contribution in [1.29, 1.82) is 0 Å². The van der Waals surface area contributed by atoms with Crippen LogP contribution in [0.15, 0.2) is 0 Å². The summed E-state index contributed by atoms with van der Waals surface area (Å²) < 4.78 is 0. The monoisotopic (exact) mass is 293 g/mol. The quantitative estimate of drug-likeness (QED) is 0.602. The van der Waals surface area contributed by atoms with Crippen molar-refractivity contribution in [2.75, 3.05) is 13.1 Å². The maximum Gasteiger partial charge on any atom is 0.0422 e. The Hall–Kier alpha value is -0.120. The van der Waals surface area contributed by atoms with Gasteiger partial charge in [0.2, 0.25) is 0 Å². The molecule has 2 saturated carbocycles. The molecule has 3 aliphatic rings. The molecule has 0 aromatic carbocycles. The van der Waals surface area contributed by atoms with Crippen LogP contribution in [0.3, 0.4) is 0 Å². The van der Waals surface area contributed by atoms with Gasteiger partial charge < -0.3 is 0 Å². The van der Waals surface area contributed by atoms with E-state index in [4.69, 9.17) is 5.84 Å². The van der Waals surface area contributed by atoms with E-state index in [9.17, 15) is 0 Å². The molecule has 0 aromatic heterocycles. The van der Waals surface area contributed by atoms with E-state index < -0.39 is 0 Å². The number of nitrogens with one attached hydrogen (secondary N) is 1. The third-order valence-electron chi connectivity index (χ3n) is 6.90. The molecule has 0 bridgehead atoms. The summed E-state index contributed by atoms with van der Waals surface area (Å²) in [5, 5.41) is 0. The van der Waals surface area contributed by atoms with Crippen LogP contribution in [0.4, 0.5) is 0 Å². The van der Waals surface area contributed by atoms with Crippen LogP contribution < -0.4 is 11.3 Å². The standard InChI is InChI=1S/C18H35N3/c1-2-15-7-9-16(10-8-15)17(20-19)18(11-3-4-12-18)21-13-5-6-14-21/h15-17,20H,2-14,19H2,1H3. The van der Waals surface area contributed by atoms with Crippen molar-refractivity contribution in [3.05, 3.63) is 0 Å². The summed E-state index contributed by atoms with van der Waals surface area (Å²) in [6.45, 7) is 4.97. The van der Waals surface area contributed by atoms with Gasteiger partial charge in [-0.2, -0.15) is 0 Å². The predicted molar refractivity (Wildman–Crippen MR) is 88.9 cm³/mol. The second-order valence-electron chi connectivity index (χ2n) is 7.84. The van der Waals surface area contributed by atoms with Gasteiger partial charge in [-0.3, -0.25) is 16.2 Å². The number of nitrogens with zero attached hydrogens (tertiary/aromatic N) is 1. The minimum Gasteiger partial charge on any atom is -0.296 e. The Bertz CT molecular complexity index is 310. The molecule has 3 nitrogen and oxygen atoms in total. The van der Waals surface area contributed by atoms with Crippen LogP contribution >= 0.6 is 0 Å². The first-order valence-corrected chi connectivity index (χ1v) is 9.51. The van der Waals surface area contributed by atoms with Gasteiger partial charge in [0, 0.05) is 11.6 Å². The lowest BCUT2D eigenvalue weighted by molar-refractivity contribution is 0.0359. The van der Waals surface area contributed by atoms with E-state index in [2.05, 4.69) is 17.2 Å². The van der Waals surface area contributed by atoms with E-state index in [0.29, 0.717) is 11.6 Å². The molecule has 0 spiro atoms. The lowest BCUT2D eigenvalue weighted by Gasteiger charge is -2.49. The first-order chi connectivity index (χ1) is 10.3. The molecule has 122 valence electrons. The number of nitrogens with two attached hydrogens (primary N) is 1. The molecule has 1 saturated heterocycles. The molecular weight excluding hydrogens is 258 g/mol. The minimum atomic E-state index is 0.384. The SMILES string of the molecule is CCC1CCC(C(NN)C2(N3CCCC3)CCCC2)CC1. The van der Waals surface area contributed by atoms with Crippen molar-refractivity contribution in [2.24, 2.45) is 17.7 Å². The lowest BCUT2D eigenvalue weighted by Crippen LogP contribution is -2.63. The highest BCUT2D eigenvalue weighted by molar-refractivity contribution is 5.06. The van der Waals surface area contributed by atoms with Crippen molar-refractivity contribution in [1.82, 2.24) is 10.3 Å². The molecule has 21 heavy (non-hydrogen) atoms. The summed E-state index contributed by atoms with van der Waals surface area (Å²) in [7, 11) is 0. The van der Waals surface area contributed by atoms with Crippen LogP contribution in [0.5, 0.6) is 0 Å². The summed E-state index contributed by atoms with van der Waals surface area (Å²) in [4.78, 5) is 2.82. The normalized spacial score (nSPS) is 35.1. The van der Waals surface area contributed by atoms with Gasteiger partial charge in [0.1, 0.15) is 0 Å². The molecule has 0 aromatic rings.